The Hall–Kier alpha value is -0.940. The van der Waals surface area contributed by atoms with E-state index < -0.39 is 6.04 Å². The predicted molar refractivity (Wildman–Crippen MR) is 61.3 cm³/mol. The van der Waals surface area contributed by atoms with E-state index in [0.717, 1.165) is 6.42 Å². The molecule has 4 nitrogen and oxygen atoms in total. The van der Waals surface area contributed by atoms with Crippen LogP contribution in [0.5, 0.6) is 0 Å². The molecule has 1 aromatic heterocycles. The van der Waals surface area contributed by atoms with Crippen LogP contribution < -0.4 is 10.5 Å². The van der Waals surface area contributed by atoms with Gasteiger partial charge >= 0.3 is 0 Å². The molecular weight excluding hydrogens is 210 g/mol. The van der Waals surface area contributed by atoms with Gasteiger partial charge in [0.05, 0.1) is 6.04 Å². The maximum atomic E-state index is 11.7. The number of rotatable bonds is 3. The summed E-state index contributed by atoms with van der Waals surface area (Å²) in [6.45, 7) is 3.98. The van der Waals surface area contributed by atoms with E-state index >= 15 is 0 Å². The standard InChI is InChI=1S/C10H17N3OS/c1-4-7(2)8(11)9(14)12-10-13(3)5-6-15-10/h5-8H,4,11H2,1-3H3. The Kier molecular flexibility index (Phi) is 4.23. The van der Waals surface area contributed by atoms with Crippen molar-refractivity contribution >= 4 is 17.2 Å². The number of hydrogen-bond acceptors (Lipinski definition) is 3. The Morgan fingerprint density at radius 3 is 2.87 bits per heavy atom. The molecule has 15 heavy (non-hydrogen) atoms. The summed E-state index contributed by atoms with van der Waals surface area (Å²) in [6.07, 6.45) is 2.75. The second kappa shape index (κ2) is 5.23. The molecule has 1 amide bonds. The molecule has 2 N–H and O–H groups in total. The van der Waals surface area contributed by atoms with Crippen molar-refractivity contribution in [2.75, 3.05) is 0 Å². The number of carbonyl (C=O) groups excluding carboxylic acids is 1. The van der Waals surface area contributed by atoms with Gasteiger partial charge in [0.2, 0.25) is 0 Å². The van der Waals surface area contributed by atoms with Gasteiger partial charge in [-0.05, 0) is 5.92 Å². The molecule has 0 saturated carbocycles. The molecule has 2 unspecified atom stereocenters. The minimum Gasteiger partial charge on any atom is -0.327 e. The van der Waals surface area contributed by atoms with Gasteiger partial charge in [-0.25, -0.2) is 0 Å². The smallest absolute Gasteiger partial charge is 0.265 e. The fraction of sp³-hybridized carbons (Fsp3) is 0.600. The predicted octanol–water partition coefficient (Wildman–Crippen LogP) is 0.887. The molecule has 0 saturated heterocycles. The second-order valence-electron chi connectivity index (χ2n) is 3.66. The summed E-state index contributed by atoms with van der Waals surface area (Å²) in [5, 5.41) is 1.89. The minimum absolute atomic E-state index is 0.173. The Bertz CT molecular complexity index is 393. The van der Waals surface area contributed by atoms with Gasteiger partial charge in [0.25, 0.3) is 5.91 Å². The van der Waals surface area contributed by atoms with E-state index in [4.69, 9.17) is 5.73 Å². The van der Waals surface area contributed by atoms with E-state index in [9.17, 15) is 4.79 Å². The summed E-state index contributed by atoms with van der Waals surface area (Å²) in [7, 11) is 1.86. The summed E-state index contributed by atoms with van der Waals surface area (Å²) >= 11 is 1.43. The van der Waals surface area contributed by atoms with Crippen LogP contribution >= 0.6 is 11.3 Å². The van der Waals surface area contributed by atoms with Crippen molar-refractivity contribution in [1.29, 1.82) is 0 Å². The summed E-state index contributed by atoms with van der Waals surface area (Å²) in [6, 6.07) is -0.489. The summed E-state index contributed by atoms with van der Waals surface area (Å²) in [4.78, 5) is 16.4. The molecule has 0 aliphatic rings. The number of thiazole rings is 1. The average Bonchev–Trinajstić information content (AvgIpc) is 2.62. The Balaban J connectivity index is 2.84. The van der Waals surface area contributed by atoms with Gasteiger partial charge in [0, 0.05) is 18.6 Å². The van der Waals surface area contributed by atoms with Gasteiger partial charge in [-0.1, -0.05) is 20.3 Å². The quantitative estimate of drug-likeness (QED) is 0.833. The second-order valence-corrected chi connectivity index (χ2v) is 4.53. The van der Waals surface area contributed by atoms with Gasteiger partial charge in [-0.3, -0.25) is 4.79 Å². The first-order chi connectivity index (χ1) is 7.06. The minimum atomic E-state index is -0.489. The monoisotopic (exact) mass is 227 g/mol. The fourth-order valence-corrected chi connectivity index (χ4v) is 1.84. The van der Waals surface area contributed by atoms with Crippen molar-refractivity contribution in [3.05, 3.63) is 16.4 Å². The van der Waals surface area contributed by atoms with Crippen LogP contribution in [0.1, 0.15) is 20.3 Å². The van der Waals surface area contributed by atoms with Crippen LogP contribution in [0.4, 0.5) is 0 Å². The molecule has 5 heteroatoms. The van der Waals surface area contributed by atoms with Crippen molar-refractivity contribution in [2.24, 2.45) is 23.7 Å². The van der Waals surface area contributed by atoms with Crippen LogP contribution in [0.2, 0.25) is 0 Å². The number of hydrogen-bond donors (Lipinski definition) is 1. The molecule has 0 fully saturated rings. The van der Waals surface area contributed by atoms with Gasteiger partial charge in [0.15, 0.2) is 4.80 Å². The van der Waals surface area contributed by atoms with E-state index in [1.165, 1.54) is 11.3 Å². The average molecular weight is 227 g/mol. The molecule has 0 aliphatic carbocycles. The summed E-state index contributed by atoms with van der Waals surface area (Å²) < 4.78 is 1.81. The van der Waals surface area contributed by atoms with Crippen LogP contribution in [0.15, 0.2) is 16.6 Å². The third-order valence-corrected chi connectivity index (χ3v) is 3.36. The molecule has 0 aliphatic heterocycles. The van der Waals surface area contributed by atoms with E-state index in [1.807, 2.05) is 37.0 Å². The lowest BCUT2D eigenvalue weighted by molar-refractivity contribution is -0.120. The lowest BCUT2D eigenvalue weighted by Gasteiger charge is -2.13. The number of carbonyl (C=O) groups is 1. The van der Waals surface area contributed by atoms with Gasteiger partial charge in [0.1, 0.15) is 0 Å². The van der Waals surface area contributed by atoms with Gasteiger partial charge in [-0.15, -0.1) is 11.3 Å². The molecule has 1 aromatic rings. The third-order valence-electron chi connectivity index (χ3n) is 2.51. The van der Waals surface area contributed by atoms with E-state index in [1.54, 1.807) is 0 Å². The molecule has 1 rings (SSSR count). The lowest BCUT2D eigenvalue weighted by Crippen LogP contribution is -2.36. The van der Waals surface area contributed by atoms with Gasteiger partial charge < -0.3 is 10.3 Å². The van der Waals surface area contributed by atoms with Crippen molar-refractivity contribution in [3.8, 4) is 0 Å². The van der Waals surface area contributed by atoms with Crippen molar-refractivity contribution in [3.63, 3.8) is 0 Å². The molecule has 2 atom stereocenters. The first-order valence-corrected chi connectivity index (χ1v) is 5.88. The highest BCUT2D eigenvalue weighted by atomic mass is 32.1. The maximum absolute atomic E-state index is 11.7. The number of aromatic nitrogens is 1. The van der Waals surface area contributed by atoms with Crippen molar-refractivity contribution in [1.82, 2.24) is 4.57 Å². The van der Waals surface area contributed by atoms with E-state index in [0.29, 0.717) is 4.80 Å². The number of amides is 1. The largest absolute Gasteiger partial charge is 0.327 e. The van der Waals surface area contributed by atoms with Crippen LogP contribution in [0.3, 0.4) is 0 Å². The third kappa shape index (κ3) is 3.00. The van der Waals surface area contributed by atoms with Gasteiger partial charge in [-0.2, -0.15) is 4.99 Å². The zero-order valence-corrected chi connectivity index (χ0v) is 10.1. The summed E-state index contributed by atoms with van der Waals surface area (Å²) in [5.41, 5.74) is 5.79. The Morgan fingerprint density at radius 1 is 1.73 bits per heavy atom. The lowest BCUT2D eigenvalue weighted by atomic mass is 10.00. The molecular formula is C10H17N3OS. The van der Waals surface area contributed by atoms with Crippen LogP contribution in [-0.4, -0.2) is 16.5 Å². The SMILES string of the molecule is CCC(C)C(N)C(=O)N=c1sccn1C. The Labute approximate surface area is 93.5 Å². The van der Waals surface area contributed by atoms with Crippen LogP contribution in [0.25, 0.3) is 0 Å². The van der Waals surface area contributed by atoms with E-state index in [2.05, 4.69) is 4.99 Å². The normalized spacial score (nSPS) is 16.4. The fourth-order valence-electron chi connectivity index (χ4n) is 1.10. The first kappa shape index (κ1) is 12.1. The molecule has 0 bridgehead atoms. The molecule has 0 aromatic carbocycles. The highest BCUT2D eigenvalue weighted by molar-refractivity contribution is 7.07. The first-order valence-electron chi connectivity index (χ1n) is 5.00. The van der Waals surface area contributed by atoms with Crippen LogP contribution in [-0.2, 0) is 11.8 Å². The highest BCUT2D eigenvalue weighted by Crippen LogP contribution is 2.06. The molecule has 0 radical (unpaired) electrons. The number of aryl methyl sites for hydroxylation is 1. The topological polar surface area (TPSA) is 60.4 Å². The molecule has 84 valence electrons. The Morgan fingerprint density at radius 2 is 2.40 bits per heavy atom. The maximum Gasteiger partial charge on any atom is 0.265 e. The van der Waals surface area contributed by atoms with Crippen molar-refractivity contribution < 1.29 is 4.79 Å². The highest BCUT2D eigenvalue weighted by Gasteiger charge is 2.18. The molecule has 0 spiro atoms. The van der Waals surface area contributed by atoms with E-state index in [-0.39, 0.29) is 11.8 Å². The summed E-state index contributed by atoms with van der Waals surface area (Å²) in [5.74, 6) is -0.0612. The van der Waals surface area contributed by atoms with Crippen LogP contribution in [0, 0.1) is 5.92 Å². The zero-order valence-electron chi connectivity index (χ0n) is 9.30. The molecule has 1 heterocycles. The number of nitrogens with zero attached hydrogens (tertiary/aromatic N) is 2. The zero-order chi connectivity index (χ0) is 11.4. The number of nitrogens with two attached hydrogens (primary N) is 1. The van der Waals surface area contributed by atoms with Crippen molar-refractivity contribution in [2.45, 2.75) is 26.3 Å².